The van der Waals surface area contributed by atoms with Crippen molar-refractivity contribution in [3.8, 4) is 5.69 Å². The summed E-state index contributed by atoms with van der Waals surface area (Å²) in [6.45, 7) is 2.25. The second kappa shape index (κ2) is 8.38. The Kier molecular flexibility index (Phi) is 5.25. The largest absolute Gasteiger partial charge is 0.368 e. The third kappa shape index (κ3) is 3.69. The van der Waals surface area contributed by atoms with Crippen LogP contribution >= 0.6 is 0 Å². The van der Waals surface area contributed by atoms with Crippen molar-refractivity contribution in [3.05, 3.63) is 82.4 Å². The first-order valence-electron chi connectivity index (χ1n) is 10.4. The summed E-state index contributed by atoms with van der Waals surface area (Å²) in [5.74, 6) is -0.807. The van der Waals surface area contributed by atoms with E-state index in [9.17, 15) is 13.6 Å². The molecule has 166 valence electrons. The molecule has 0 bridgehead atoms. The van der Waals surface area contributed by atoms with E-state index in [1.165, 1.54) is 18.7 Å². The van der Waals surface area contributed by atoms with Gasteiger partial charge in [0.2, 0.25) is 0 Å². The van der Waals surface area contributed by atoms with Crippen molar-refractivity contribution in [1.82, 2.24) is 29.5 Å². The van der Waals surface area contributed by atoms with Gasteiger partial charge in [0, 0.05) is 13.0 Å². The highest BCUT2D eigenvalue weighted by molar-refractivity contribution is 5.82. The number of fused-ring (bicyclic) bond motifs is 2. The van der Waals surface area contributed by atoms with Crippen LogP contribution in [0.25, 0.3) is 27.8 Å². The standard InChI is InChI=1S/C23H19F2N7O/c1-13-5-2-8-16-18(13)23(33)32(20-14(24)6-3-7-15(20)25)17(31-16)9-4-10-26-21-19-22(28-11-27-19)30-12-29-21/h2-3,5-8,11-12H,4,9-10H2,1H3,(H2,26,27,28,29,30). The number of aromatic amines is 1. The topological polar surface area (TPSA) is 101 Å². The molecule has 0 atom stereocenters. The lowest BCUT2D eigenvalue weighted by Gasteiger charge is -2.16. The van der Waals surface area contributed by atoms with Crippen molar-refractivity contribution >= 4 is 27.9 Å². The van der Waals surface area contributed by atoms with Crippen molar-refractivity contribution in [2.45, 2.75) is 19.8 Å². The molecule has 0 saturated carbocycles. The maximum absolute atomic E-state index is 14.7. The van der Waals surface area contributed by atoms with Gasteiger partial charge in [-0.15, -0.1) is 0 Å². The van der Waals surface area contributed by atoms with Crippen LogP contribution in [-0.4, -0.2) is 36.0 Å². The van der Waals surface area contributed by atoms with Crippen molar-refractivity contribution in [1.29, 1.82) is 0 Å². The molecule has 5 rings (SSSR count). The number of hydrogen-bond acceptors (Lipinski definition) is 6. The van der Waals surface area contributed by atoms with Gasteiger partial charge in [-0.2, -0.15) is 0 Å². The van der Waals surface area contributed by atoms with Gasteiger partial charge in [0.25, 0.3) is 5.56 Å². The number of aryl methyl sites for hydroxylation is 2. The molecule has 0 aliphatic carbocycles. The summed E-state index contributed by atoms with van der Waals surface area (Å²) in [7, 11) is 0. The molecule has 0 spiro atoms. The highest BCUT2D eigenvalue weighted by Gasteiger charge is 2.19. The molecule has 0 saturated heterocycles. The average molecular weight is 447 g/mol. The molecule has 3 aromatic heterocycles. The van der Waals surface area contributed by atoms with E-state index in [2.05, 4.69) is 30.2 Å². The zero-order chi connectivity index (χ0) is 22.9. The number of para-hydroxylation sites is 1. The van der Waals surface area contributed by atoms with Crippen LogP contribution in [0, 0.1) is 18.6 Å². The van der Waals surface area contributed by atoms with E-state index in [0.29, 0.717) is 52.8 Å². The molecule has 0 radical (unpaired) electrons. The zero-order valence-corrected chi connectivity index (χ0v) is 17.6. The fourth-order valence-corrected chi connectivity index (χ4v) is 3.89. The Balaban J connectivity index is 1.50. The molecule has 2 N–H and O–H groups in total. The lowest BCUT2D eigenvalue weighted by atomic mass is 10.1. The summed E-state index contributed by atoms with van der Waals surface area (Å²) in [4.78, 5) is 33.4. The Morgan fingerprint density at radius 1 is 1.06 bits per heavy atom. The smallest absolute Gasteiger partial charge is 0.266 e. The average Bonchev–Trinajstić information content (AvgIpc) is 3.28. The summed E-state index contributed by atoms with van der Waals surface area (Å²) < 4.78 is 30.4. The Morgan fingerprint density at radius 3 is 2.67 bits per heavy atom. The van der Waals surface area contributed by atoms with Gasteiger partial charge in [-0.3, -0.25) is 9.36 Å². The molecule has 10 heteroatoms. The molecule has 0 aliphatic rings. The summed E-state index contributed by atoms with van der Waals surface area (Å²) in [6, 6.07) is 8.82. The van der Waals surface area contributed by atoms with E-state index in [1.807, 2.05) is 0 Å². The zero-order valence-electron chi connectivity index (χ0n) is 17.6. The number of halogens is 2. The summed E-state index contributed by atoms with van der Waals surface area (Å²) in [5.41, 5.74) is 1.49. The number of rotatable bonds is 6. The lowest BCUT2D eigenvalue weighted by molar-refractivity contribution is 0.560. The van der Waals surface area contributed by atoms with Gasteiger partial charge in [-0.25, -0.2) is 28.7 Å². The molecule has 2 aromatic carbocycles. The maximum Gasteiger partial charge on any atom is 0.266 e. The van der Waals surface area contributed by atoms with Gasteiger partial charge in [0.05, 0.1) is 17.2 Å². The maximum atomic E-state index is 14.7. The van der Waals surface area contributed by atoms with Gasteiger partial charge in [0.1, 0.15) is 35.0 Å². The first-order valence-corrected chi connectivity index (χ1v) is 10.4. The number of nitrogens with one attached hydrogen (secondary N) is 2. The third-order valence-corrected chi connectivity index (χ3v) is 5.42. The minimum Gasteiger partial charge on any atom is -0.368 e. The molecule has 5 aromatic rings. The number of H-pyrrole nitrogens is 1. The molecule has 0 aliphatic heterocycles. The van der Waals surface area contributed by atoms with Crippen LogP contribution in [-0.2, 0) is 6.42 Å². The van der Waals surface area contributed by atoms with Crippen LogP contribution in [0.5, 0.6) is 0 Å². The van der Waals surface area contributed by atoms with Crippen LogP contribution in [0.4, 0.5) is 14.6 Å². The van der Waals surface area contributed by atoms with Gasteiger partial charge >= 0.3 is 0 Å². The normalized spacial score (nSPS) is 11.4. The van der Waals surface area contributed by atoms with Crippen LogP contribution in [0.2, 0.25) is 0 Å². The summed E-state index contributed by atoms with van der Waals surface area (Å²) in [6.07, 6.45) is 3.78. The van der Waals surface area contributed by atoms with Crippen LogP contribution in [0.3, 0.4) is 0 Å². The van der Waals surface area contributed by atoms with Gasteiger partial charge in [-0.1, -0.05) is 18.2 Å². The van der Waals surface area contributed by atoms with Crippen molar-refractivity contribution in [3.63, 3.8) is 0 Å². The van der Waals surface area contributed by atoms with Crippen molar-refractivity contribution in [2.24, 2.45) is 0 Å². The number of anilines is 1. The van der Waals surface area contributed by atoms with Crippen LogP contribution in [0.1, 0.15) is 17.8 Å². The highest BCUT2D eigenvalue weighted by Crippen LogP contribution is 2.21. The molecule has 0 fully saturated rings. The van der Waals surface area contributed by atoms with E-state index in [-0.39, 0.29) is 5.82 Å². The predicted molar refractivity (Wildman–Crippen MR) is 120 cm³/mol. The minimum absolute atomic E-state index is 0.275. The molecule has 0 unspecified atom stereocenters. The molecule has 0 amide bonds. The Morgan fingerprint density at radius 2 is 1.85 bits per heavy atom. The Bertz CT molecular complexity index is 1520. The summed E-state index contributed by atoms with van der Waals surface area (Å²) in [5, 5.41) is 3.53. The SMILES string of the molecule is Cc1cccc2nc(CCCNc3ncnc4[nH]cnc34)n(-c3c(F)cccc3F)c(=O)c12. The van der Waals surface area contributed by atoms with Gasteiger partial charge in [-0.05, 0) is 37.1 Å². The quantitative estimate of drug-likeness (QED) is 0.385. The lowest BCUT2D eigenvalue weighted by Crippen LogP contribution is -2.26. The second-order valence-corrected chi connectivity index (χ2v) is 7.56. The van der Waals surface area contributed by atoms with E-state index in [1.54, 1.807) is 25.1 Å². The summed E-state index contributed by atoms with van der Waals surface area (Å²) >= 11 is 0. The first kappa shape index (κ1) is 20.7. The minimum atomic E-state index is -0.826. The van der Waals surface area contributed by atoms with E-state index in [0.717, 1.165) is 16.7 Å². The van der Waals surface area contributed by atoms with E-state index >= 15 is 0 Å². The Labute approximate surface area is 186 Å². The highest BCUT2D eigenvalue weighted by atomic mass is 19.1. The van der Waals surface area contributed by atoms with Crippen LogP contribution in [0.15, 0.2) is 53.8 Å². The fraction of sp³-hybridized carbons (Fsp3) is 0.174. The van der Waals surface area contributed by atoms with E-state index < -0.39 is 22.9 Å². The number of aromatic nitrogens is 6. The Hall–Kier alpha value is -4.21. The molecular weight excluding hydrogens is 428 g/mol. The van der Waals surface area contributed by atoms with E-state index in [4.69, 9.17) is 0 Å². The van der Waals surface area contributed by atoms with Gasteiger partial charge in [0.15, 0.2) is 11.5 Å². The molecule has 33 heavy (non-hydrogen) atoms. The predicted octanol–water partition coefficient (Wildman–Crippen LogP) is 3.68. The molecule has 8 nitrogen and oxygen atoms in total. The fourth-order valence-electron chi connectivity index (χ4n) is 3.89. The number of benzene rings is 2. The first-order chi connectivity index (χ1) is 16.0. The van der Waals surface area contributed by atoms with Crippen molar-refractivity contribution in [2.75, 3.05) is 11.9 Å². The molecule has 3 heterocycles. The number of hydrogen-bond donors (Lipinski definition) is 2. The molecular formula is C23H19F2N7O. The number of nitrogens with zero attached hydrogens (tertiary/aromatic N) is 5. The number of imidazole rings is 1. The van der Waals surface area contributed by atoms with Crippen LogP contribution < -0.4 is 10.9 Å². The van der Waals surface area contributed by atoms with Crippen molar-refractivity contribution < 1.29 is 8.78 Å². The van der Waals surface area contributed by atoms with Gasteiger partial charge < -0.3 is 10.3 Å². The second-order valence-electron chi connectivity index (χ2n) is 7.56. The third-order valence-electron chi connectivity index (χ3n) is 5.42. The monoisotopic (exact) mass is 447 g/mol.